The molecule has 0 bridgehead atoms. The average Bonchev–Trinajstić information content (AvgIpc) is 3.13. The first kappa shape index (κ1) is 15.9. The maximum atomic E-state index is 14.5. The first-order valence-electron chi connectivity index (χ1n) is 7.77. The first-order valence-corrected chi connectivity index (χ1v) is 8.56. The van der Waals surface area contributed by atoms with Gasteiger partial charge in [-0.3, -0.25) is 4.79 Å². The number of hydrogen-bond donors (Lipinski definition) is 1. The van der Waals surface area contributed by atoms with E-state index in [4.69, 9.17) is 4.42 Å². The van der Waals surface area contributed by atoms with Crippen molar-refractivity contribution in [3.05, 3.63) is 88.0 Å². The summed E-state index contributed by atoms with van der Waals surface area (Å²) in [6, 6.07) is 15.5. The molecular weight excluding hydrogens is 387 g/mol. The fraction of sp³-hybridized carbons (Fsp3) is 0.105. The number of amides is 1. The Bertz CT molecular complexity index is 927. The molecule has 3 aromatic rings. The van der Waals surface area contributed by atoms with E-state index in [1.54, 1.807) is 41.5 Å². The monoisotopic (exact) mass is 400 g/mol. The van der Waals surface area contributed by atoms with E-state index in [0.717, 1.165) is 4.47 Å². The summed E-state index contributed by atoms with van der Waals surface area (Å²) in [6.07, 6.45) is 0.921. The molecule has 4 rings (SSSR count). The number of carbonyl (C=O) groups excluding carboxylic acids is 1. The van der Waals surface area contributed by atoms with E-state index < -0.39 is 6.17 Å². The average molecular weight is 401 g/mol. The van der Waals surface area contributed by atoms with Crippen LogP contribution in [-0.2, 0) is 6.54 Å². The minimum Gasteiger partial charge on any atom is -0.467 e. The maximum Gasteiger partial charge on any atom is 0.258 e. The maximum absolute atomic E-state index is 14.5. The van der Waals surface area contributed by atoms with E-state index in [1.165, 1.54) is 6.07 Å². The molecule has 1 atom stereocenters. The van der Waals surface area contributed by atoms with E-state index in [0.29, 0.717) is 22.6 Å². The van der Waals surface area contributed by atoms with Crippen LogP contribution in [0.15, 0.2) is 69.8 Å². The highest BCUT2D eigenvalue weighted by molar-refractivity contribution is 9.10. The summed E-state index contributed by atoms with van der Waals surface area (Å²) in [4.78, 5) is 14.6. The molecule has 6 heteroatoms. The molecule has 2 heterocycles. The number of benzene rings is 2. The molecule has 126 valence electrons. The lowest BCUT2D eigenvalue weighted by molar-refractivity contribution is 0.0648. The minimum absolute atomic E-state index is 0.171. The third-order valence-electron chi connectivity index (χ3n) is 4.18. The summed E-state index contributed by atoms with van der Waals surface area (Å²) in [7, 11) is 0. The van der Waals surface area contributed by atoms with Gasteiger partial charge in [0.05, 0.1) is 18.4 Å². The lowest BCUT2D eigenvalue weighted by atomic mass is 10.0. The number of carbonyl (C=O) groups is 1. The summed E-state index contributed by atoms with van der Waals surface area (Å²) in [5, 5.41) is 3.28. The van der Waals surface area contributed by atoms with Gasteiger partial charge < -0.3 is 14.6 Å². The van der Waals surface area contributed by atoms with Crippen molar-refractivity contribution >= 4 is 27.5 Å². The van der Waals surface area contributed by atoms with Crippen LogP contribution in [0.5, 0.6) is 0 Å². The van der Waals surface area contributed by atoms with Crippen LogP contribution in [0.4, 0.5) is 10.1 Å². The Kier molecular flexibility index (Phi) is 4.05. The van der Waals surface area contributed by atoms with Crippen molar-refractivity contribution in [3.63, 3.8) is 0 Å². The van der Waals surface area contributed by atoms with Crippen LogP contribution in [0.3, 0.4) is 0 Å². The van der Waals surface area contributed by atoms with Gasteiger partial charge >= 0.3 is 0 Å². The van der Waals surface area contributed by atoms with Crippen molar-refractivity contribution in [2.75, 3.05) is 5.32 Å². The zero-order valence-corrected chi connectivity index (χ0v) is 14.7. The fourth-order valence-electron chi connectivity index (χ4n) is 3.00. The van der Waals surface area contributed by atoms with E-state index in [-0.39, 0.29) is 18.3 Å². The topological polar surface area (TPSA) is 45.5 Å². The molecule has 25 heavy (non-hydrogen) atoms. The van der Waals surface area contributed by atoms with Crippen molar-refractivity contribution < 1.29 is 13.6 Å². The van der Waals surface area contributed by atoms with Gasteiger partial charge in [-0.25, -0.2) is 4.39 Å². The van der Waals surface area contributed by atoms with E-state index in [9.17, 15) is 9.18 Å². The number of nitrogens with zero attached hydrogens (tertiary/aromatic N) is 1. The summed E-state index contributed by atoms with van der Waals surface area (Å²) >= 11 is 3.37. The number of rotatable bonds is 3. The summed E-state index contributed by atoms with van der Waals surface area (Å²) in [5.74, 6) is 0.0855. The molecule has 0 fully saturated rings. The highest BCUT2D eigenvalue weighted by Crippen LogP contribution is 2.36. The zero-order valence-electron chi connectivity index (χ0n) is 13.1. The highest BCUT2D eigenvalue weighted by Gasteiger charge is 2.34. The molecule has 1 aliphatic rings. The quantitative estimate of drug-likeness (QED) is 0.676. The van der Waals surface area contributed by atoms with Crippen LogP contribution in [0.25, 0.3) is 0 Å². The number of halogens is 2. The van der Waals surface area contributed by atoms with E-state index >= 15 is 0 Å². The van der Waals surface area contributed by atoms with Crippen LogP contribution < -0.4 is 5.32 Å². The smallest absolute Gasteiger partial charge is 0.258 e. The fourth-order valence-corrected chi connectivity index (χ4v) is 3.37. The SMILES string of the molecule is O=C1c2ccccc2NC(c2cc(Br)ccc2F)N1Cc1ccco1. The van der Waals surface area contributed by atoms with E-state index in [2.05, 4.69) is 21.2 Å². The standard InChI is InChI=1S/C19H14BrFN2O2/c20-12-7-8-16(21)15(10-12)18-22-17-6-2-1-5-14(17)19(24)23(18)11-13-4-3-9-25-13/h1-10,18,22H,11H2. The van der Waals surface area contributed by atoms with Gasteiger partial charge in [0.2, 0.25) is 0 Å². The number of hydrogen-bond acceptors (Lipinski definition) is 3. The number of para-hydroxylation sites is 1. The summed E-state index contributed by atoms with van der Waals surface area (Å²) < 4.78 is 20.6. The Labute approximate surface area is 152 Å². The van der Waals surface area contributed by atoms with Gasteiger partial charge in [-0.1, -0.05) is 28.1 Å². The molecule has 0 aliphatic carbocycles. The van der Waals surface area contributed by atoms with Crippen LogP contribution in [0.1, 0.15) is 27.8 Å². The molecule has 0 saturated carbocycles. The molecular formula is C19H14BrFN2O2. The van der Waals surface area contributed by atoms with Crippen molar-refractivity contribution in [2.24, 2.45) is 0 Å². The number of anilines is 1. The molecule has 4 nitrogen and oxygen atoms in total. The predicted octanol–water partition coefficient (Wildman–Crippen LogP) is 4.95. The largest absolute Gasteiger partial charge is 0.467 e. The normalized spacial score (nSPS) is 16.5. The molecule has 0 radical (unpaired) electrons. The second-order valence-electron chi connectivity index (χ2n) is 5.77. The van der Waals surface area contributed by atoms with Crippen LogP contribution in [0, 0.1) is 5.82 Å². The van der Waals surface area contributed by atoms with Gasteiger partial charge in [-0.15, -0.1) is 0 Å². The summed E-state index contributed by atoms with van der Waals surface area (Å²) in [5.41, 5.74) is 1.64. The Hall–Kier alpha value is -2.60. The Morgan fingerprint density at radius 2 is 2.00 bits per heavy atom. The highest BCUT2D eigenvalue weighted by atomic mass is 79.9. The van der Waals surface area contributed by atoms with Crippen molar-refractivity contribution in [2.45, 2.75) is 12.7 Å². The number of fused-ring (bicyclic) bond motifs is 1. The Morgan fingerprint density at radius 3 is 2.80 bits per heavy atom. The molecule has 1 aliphatic heterocycles. The third-order valence-corrected chi connectivity index (χ3v) is 4.67. The van der Waals surface area contributed by atoms with E-state index in [1.807, 2.05) is 18.2 Å². The zero-order chi connectivity index (χ0) is 17.4. The van der Waals surface area contributed by atoms with Crippen molar-refractivity contribution in [3.8, 4) is 0 Å². The molecule has 0 saturated heterocycles. The van der Waals surface area contributed by atoms with Gasteiger partial charge in [0.15, 0.2) is 0 Å². The van der Waals surface area contributed by atoms with Gasteiger partial charge in [-0.05, 0) is 42.5 Å². The first-order chi connectivity index (χ1) is 12.1. The lowest BCUT2D eigenvalue weighted by Crippen LogP contribution is -2.42. The van der Waals surface area contributed by atoms with Gasteiger partial charge in [0.1, 0.15) is 17.7 Å². The second-order valence-corrected chi connectivity index (χ2v) is 6.69. The molecule has 1 N–H and O–H groups in total. The molecule has 1 amide bonds. The van der Waals surface area contributed by atoms with Crippen LogP contribution in [-0.4, -0.2) is 10.8 Å². The van der Waals surface area contributed by atoms with Gasteiger partial charge in [0, 0.05) is 15.7 Å². The molecule has 0 spiro atoms. The van der Waals surface area contributed by atoms with Crippen molar-refractivity contribution in [1.82, 2.24) is 4.90 Å². The minimum atomic E-state index is -0.634. The Balaban J connectivity index is 1.81. The van der Waals surface area contributed by atoms with Gasteiger partial charge in [0.25, 0.3) is 5.91 Å². The lowest BCUT2D eigenvalue weighted by Gasteiger charge is -2.37. The van der Waals surface area contributed by atoms with Gasteiger partial charge in [-0.2, -0.15) is 0 Å². The molecule has 2 aromatic carbocycles. The van der Waals surface area contributed by atoms with Crippen LogP contribution >= 0.6 is 15.9 Å². The third kappa shape index (κ3) is 2.93. The predicted molar refractivity (Wildman–Crippen MR) is 95.5 cm³/mol. The Morgan fingerprint density at radius 1 is 1.16 bits per heavy atom. The second kappa shape index (κ2) is 6.37. The molecule has 1 aromatic heterocycles. The number of furan rings is 1. The van der Waals surface area contributed by atoms with Crippen LogP contribution in [0.2, 0.25) is 0 Å². The number of nitrogens with one attached hydrogen (secondary N) is 1. The summed E-state index contributed by atoms with van der Waals surface area (Å²) in [6.45, 7) is 0.240. The molecule has 1 unspecified atom stereocenters. The van der Waals surface area contributed by atoms with Crippen molar-refractivity contribution in [1.29, 1.82) is 0 Å².